The molecule has 2 radical (unpaired) electrons. The van der Waals surface area contributed by atoms with Gasteiger partial charge in [0.2, 0.25) is 0 Å². The van der Waals surface area contributed by atoms with Crippen molar-refractivity contribution in [3.05, 3.63) is 6.67 Å². The Labute approximate surface area is 58.0 Å². The number of nitrogens with one attached hydrogen (secondary N) is 2. The van der Waals surface area contributed by atoms with Crippen LogP contribution in [0.4, 0.5) is 0 Å². The summed E-state index contributed by atoms with van der Waals surface area (Å²) in [6.45, 7) is 11.2. The standard InChI is InChI=1S/C7H16N2/c1-6(2)8-5-9-7(3)4/h6-9H,1-4H3. The Morgan fingerprint density at radius 1 is 0.889 bits per heavy atom. The monoisotopic (exact) mass is 128 g/mol. The van der Waals surface area contributed by atoms with E-state index in [1.807, 2.05) is 0 Å². The Balaban J connectivity index is 2.91. The molecule has 0 saturated heterocycles. The van der Waals surface area contributed by atoms with Crippen LogP contribution in [-0.4, -0.2) is 12.1 Å². The number of rotatable bonds is 4. The summed E-state index contributed by atoms with van der Waals surface area (Å²) in [5.41, 5.74) is 0. The second-order valence-corrected chi connectivity index (χ2v) is 2.72. The van der Waals surface area contributed by atoms with E-state index in [9.17, 15) is 0 Å². The van der Waals surface area contributed by atoms with E-state index in [1.165, 1.54) is 0 Å². The molecule has 0 aromatic heterocycles. The summed E-state index contributed by atoms with van der Waals surface area (Å²) < 4.78 is 0. The van der Waals surface area contributed by atoms with E-state index in [-0.39, 0.29) is 0 Å². The molecule has 0 unspecified atom stereocenters. The molecule has 2 N–H and O–H groups in total. The summed E-state index contributed by atoms with van der Waals surface area (Å²) in [5, 5.41) is 6.03. The smallest absolute Gasteiger partial charge is 0.140 e. The molecule has 0 spiro atoms. The van der Waals surface area contributed by atoms with Crippen LogP contribution in [0.1, 0.15) is 27.7 Å². The van der Waals surface area contributed by atoms with Gasteiger partial charge in [0.05, 0.1) is 0 Å². The Morgan fingerprint density at radius 3 is 1.44 bits per heavy atom. The Kier molecular flexibility index (Phi) is 4.72. The molecule has 0 atom stereocenters. The van der Waals surface area contributed by atoms with Gasteiger partial charge < -0.3 is 0 Å². The summed E-state index contributed by atoms with van der Waals surface area (Å²) in [4.78, 5) is 0. The van der Waals surface area contributed by atoms with Crippen molar-refractivity contribution in [2.45, 2.75) is 39.8 Å². The average molecular weight is 128 g/mol. The molecule has 9 heavy (non-hydrogen) atoms. The van der Waals surface area contributed by atoms with Crippen molar-refractivity contribution in [1.29, 1.82) is 0 Å². The fourth-order valence-corrected chi connectivity index (χ4v) is 0.330. The highest BCUT2D eigenvalue weighted by Gasteiger charge is 1.93. The van der Waals surface area contributed by atoms with Crippen LogP contribution in [0.2, 0.25) is 0 Å². The first-order valence-corrected chi connectivity index (χ1v) is 3.39. The zero-order valence-electron chi connectivity index (χ0n) is 6.65. The maximum absolute atomic E-state index is 3.02. The van der Waals surface area contributed by atoms with Gasteiger partial charge in [-0.15, -0.1) is 0 Å². The highest BCUT2D eigenvalue weighted by atomic mass is 15.1. The lowest BCUT2D eigenvalue weighted by Crippen LogP contribution is -2.31. The van der Waals surface area contributed by atoms with Gasteiger partial charge in [-0.1, -0.05) is 0 Å². The van der Waals surface area contributed by atoms with Gasteiger partial charge in [0.15, 0.2) is 0 Å². The van der Waals surface area contributed by atoms with Crippen LogP contribution in [0.5, 0.6) is 0 Å². The molecular formula is C7H16N2. The molecule has 54 valence electrons. The molecule has 2 heteroatoms. The topological polar surface area (TPSA) is 24.1 Å². The Morgan fingerprint density at radius 2 is 1.22 bits per heavy atom. The van der Waals surface area contributed by atoms with Crippen LogP contribution in [-0.2, 0) is 0 Å². The van der Waals surface area contributed by atoms with Gasteiger partial charge in [0, 0.05) is 12.1 Å². The van der Waals surface area contributed by atoms with Gasteiger partial charge in [-0.05, 0) is 27.7 Å². The maximum atomic E-state index is 3.02. The van der Waals surface area contributed by atoms with E-state index < -0.39 is 0 Å². The largest absolute Gasteiger partial charge is 0.291 e. The van der Waals surface area contributed by atoms with E-state index >= 15 is 0 Å². The molecular weight excluding hydrogens is 112 g/mol. The normalized spacial score (nSPS) is 11.3. The minimum Gasteiger partial charge on any atom is -0.291 e. The van der Waals surface area contributed by atoms with Gasteiger partial charge in [-0.2, -0.15) is 0 Å². The van der Waals surface area contributed by atoms with E-state index in [1.54, 1.807) is 0 Å². The predicted molar refractivity (Wildman–Crippen MR) is 39.8 cm³/mol. The number of hydrogen-bond acceptors (Lipinski definition) is 2. The summed E-state index contributed by atoms with van der Waals surface area (Å²) >= 11 is 0. The van der Waals surface area contributed by atoms with Gasteiger partial charge >= 0.3 is 0 Å². The highest BCUT2D eigenvalue weighted by Crippen LogP contribution is 1.79. The molecule has 0 bridgehead atoms. The molecule has 0 aliphatic carbocycles. The van der Waals surface area contributed by atoms with Crippen molar-refractivity contribution in [2.75, 3.05) is 0 Å². The van der Waals surface area contributed by atoms with Gasteiger partial charge in [0.25, 0.3) is 0 Å². The second kappa shape index (κ2) is 4.77. The van der Waals surface area contributed by atoms with Gasteiger partial charge in [-0.3, -0.25) is 10.6 Å². The van der Waals surface area contributed by atoms with Crippen molar-refractivity contribution in [3.63, 3.8) is 0 Å². The molecule has 0 aromatic carbocycles. The van der Waals surface area contributed by atoms with E-state index in [0.29, 0.717) is 12.1 Å². The lowest BCUT2D eigenvalue weighted by molar-refractivity contribution is 0.558. The van der Waals surface area contributed by atoms with Crippen molar-refractivity contribution >= 4 is 0 Å². The van der Waals surface area contributed by atoms with Crippen LogP contribution in [0.25, 0.3) is 0 Å². The summed E-state index contributed by atoms with van der Waals surface area (Å²) in [6.07, 6.45) is 0. The zero-order valence-corrected chi connectivity index (χ0v) is 6.65. The van der Waals surface area contributed by atoms with Crippen LogP contribution in [0.3, 0.4) is 0 Å². The Bertz CT molecular complexity index is 51.9. The molecule has 0 aromatic rings. The maximum Gasteiger partial charge on any atom is 0.140 e. The lowest BCUT2D eigenvalue weighted by Gasteiger charge is -2.09. The van der Waals surface area contributed by atoms with Crippen molar-refractivity contribution in [1.82, 2.24) is 10.6 Å². The summed E-state index contributed by atoms with van der Waals surface area (Å²) in [5.74, 6) is 0. The molecule has 0 fully saturated rings. The average Bonchev–Trinajstić information content (AvgIpc) is 1.63. The highest BCUT2D eigenvalue weighted by molar-refractivity contribution is 4.64. The van der Waals surface area contributed by atoms with Gasteiger partial charge in [-0.25, -0.2) is 0 Å². The molecule has 0 rings (SSSR count). The molecule has 0 heterocycles. The van der Waals surface area contributed by atoms with Crippen LogP contribution in [0.15, 0.2) is 0 Å². The molecule has 0 aliphatic rings. The minimum atomic E-state index is 0.469. The molecule has 0 saturated carbocycles. The third kappa shape index (κ3) is 7.92. The van der Waals surface area contributed by atoms with E-state index in [2.05, 4.69) is 45.0 Å². The van der Waals surface area contributed by atoms with Crippen LogP contribution < -0.4 is 10.6 Å². The first-order chi connectivity index (χ1) is 4.13. The quantitative estimate of drug-likeness (QED) is 0.551. The minimum absolute atomic E-state index is 0.469. The molecule has 0 aliphatic heterocycles. The fourth-order valence-electron chi connectivity index (χ4n) is 0.330. The number of hydrogen-bond donors (Lipinski definition) is 2. The first-order valence-electron chi connectivity index (χ1n) is 3.39. The van der Waals surface area contributed by atoms with E-state index in [4.69, 9.17) is 0 Å². The SMILES string of the molecule is CC(C)N[C]NC(C)C. The van der Waals surface area contributed by atoms with Crippen molar-refractivity contribution in [2.24, 2.45) is 0 Å². The lowest BCUT2D eigenvalue weighted by atomic mass is 10.4. The second-order valence-electron chi connectivity index (χ2n) is 2.72. The third-order valence-corrected chi connectivity index (χ3v) is 0.722. The summed E-state index contributed by atoms with van der Waals surface area (Å²) in [6, 6.07) is 0.937. The van der Waals surface area contributed by atoms with Crippen LogP contribution in [0, 0.1) is 6.67 Å². The first kappa shape index (κ1) is 8.92. The van der Waals surface area contributed by atoms with Crippen LogP contribution >= 0.6 is 0 Å². The Hall–Kier alpha value is -0.0800. The van der Waals surface area contributed by atoms with Crippen molar-refractivity contribution in [3.8, 4) is 0 Å². The van der Waals surface area contributed by atoms with Crippen molar-refractivity contribution < 1.29 is 0 Å². The van der Waals surface area contributed by atoms with Gasteiger partial charge in [0.1, 0.15) is 6.67 Å². The predicted octanol–water partition coefficient (Wildman–Crippen LogP) is 0.979. The molecule has 0 amide bonds. The van der Waals surface area contributed by atoms with E-state index in [0.717, 1.165) is 0 Å². The molecule has 2 nitrogen and oxygen atoms in total. The fraction of sp³-hybridized carbons (Fsp3) is 0.857. The third-order valence-electron chi connectivity index (χ3n) is 0.722. The zero-order chi connectivity index (χ0) is 7.28. The summed E-state index contributed by atoms with van der Waals surface area (Å²) in [7, 11) is 0.